The number of pyridine rings is 1. The molecule has 4 N–H and O–H groups in total. The van der Waals surface area contributed by atoms with Crippen molar-refractivity contribution in [1.82, 2.24) is 19.7 Å². The van der Waals surface area contributed by atoms with E-state index in [0.29, 0.717) is 6.10 Å². The molecule has 0 aromatic carbocycles. The number of likely N-dealkylation sites (N-methyl/N-ethyl adjacent to an activating group) is 1. The molecule has 1 atom stereocenters. The lowest BCUT2D eigenvalue weighted by atomic mass is 9.80. The molecular formula is C31H41F12N5O10. The zero-order chi connectivity index (χ0) is 44.7. The summed E-state index contributed by atoms with van der Waals surface area (Å²) in [5.74, 6) is -9.93. The number of anilines is 1. The third-order valence-corrected chi connectivity index (χ3v) is 8.32. The van der Waals surface area contributed by atoms with Crippen molar-refractivity contribution >= 4 is 29.7 Å². The quantitative estimate of drug-likeness (QED) is 0.312. The van der Waals surface area contributed by atoms with Crippen molar-refractivity contribution in [3.63, 3.8) is 0 Å². The average Bonchev–Trinajstić information content (AvgIpc) is 3.09. The smallest absolute Gasteiger partial charge is 0.475 e. The van der Waals surface area contributed by atoms with Gasteiger partial charge < -0.3 is 39.7 Å². The Morgan fingerprint density at radius 2 is 1.07 bits per heavy atom. The molecule has 4 saturated heterocycles. The largest absolute Gasteiger partial charge is 0.490 e. The summed E-state index contributed by atoms with van der Waals surface area (Å²) in [5, 5.41) is 28.5. The predicted molar refractivity (Wildman–Crippen MR) is 173 cm³/mol. The van der Waals surface area contributed by atoms with Gasteiger partial charge in [-0.3, -0.25) is 9.80 Å². The molecule has 0 saturated carbocycles. The first-order valence-corrected chi connectivity index (χ1v) is 16.8. The first-order valence-electron chi connectivity index (χ1n) is 16.8. The van der Waals surface area contributed by atoms with E-state index in [1.165, 1.54) is 38.3 Å². The molecule has 0 radical (unpaired) electrons. The Morgan fingerprint density at radius 1 is 0.672 bits per heavy atom. The molecule has 5 rings (SSSR count). The maximum absolute atomic E-state index is 10.6. The fraction of sp³-hybridized carbons (Fsp3) is 0.710. The predicted octanol–water partition coefficient (Wildman–Crippen LogP) is 3.82. The number of likely N-dealkylation sites (tertiary alicyclic amines) is 1. The summed E-state index contributed by atoms with van der Waals surface area (Å²) in [6, 6.07) is 6.44. The lowest BCUT2D eigenvalue weighted by Crippen LogP contribution is -2.60. The number of nitrogens with zero attached hydrogens (tertiary/aromatic N) is 5. The van der Waals surface area contributed by atoms with E-state index in [1.54, 1.807) is 0 Å². The van der Waals surface area contributed by atoms with Crippen LogP contribution in [-0.4, -0.2) is 180 Å². The van der Waals surface area contributed by atoms with E-state index in [4.69, 9.17) is 54.1 Å². The number of carboxylic acid groups (broad SMARTS) is 4. The number of carbonyl (C=O) groups is 4. The Balaban J connectivity index is 0.000000489. The summed E-state index contributed by atoms with van der Waals surface area (Å²) in [4.78, 5) is 50.4. The standard InChI is InChI=1S/C23H37N5O2.4C2HF3O2/c1-25-9-11-27(12-10-25)19-21-17-23(30-21)5-7-26(8-6-23)18-20-3-2-4-22(24-20)28-13-15-29-16-14-28;4*3-2(4,5)1(6)7/h2-4,21H,5-19H2,1H3;4*(H,6,7). The lowest BCUT2D eigenvalue weighted by Gasteiger charge is -2.53. The molecule has 1 spiro atoms. The Kier molecular flexibility index (Phi) is 19.9. The van der Waals surface area contributed by atoms with Gasteiger partial charge in [0.1, 0.15) is 5.82 Å². The van der Waals surface area contributed by atoms with Gasteiger partial charge in [-0.2, -0.15) is 52.7 Å². The summed E-state index contributed by atoms with van der Waals surface area (Å²) in [7, 11) is 2.22. The lowest BCUT2D eigenvalue weighted by molar-refractivity contribution is -0.230. The number of aliphatic carboxylic acids is 4. The number of halogens is 12. The summed E-state index contributed by atoms with van der Waals surface area (Å²) >= 11 is 0. The third-order valence-electron chi connectivity index (χ3n) is 8.32. The molecule has 1 aromatic heterocycles. The van der Waals surface area contributed by atoms with Gasteiger partial charge in [0.05, 0.1) is 30.6 Å². The van der Waals surface area contributed by atoms with Crippen LogP contribution in [0.4, 0.5) is 58.5 Å². The number of carboxylic acids is 4. The molecule has 15 nitrogen and oxygen atoms in total. The van der Waals surface area contributed by atoms with Gasteiger partial charge in [0.25, 0.3) is 0 Å². The molecule has 27 heteroatoms. The highest BCUT2D eigenvalue weighted by atomic mass is 19.4. The van der Waals surface area contributed by atoms with E-state index in [2.05, 4.69) is 44.8 Å². The zero-order valence-electron chi connectivity index (χ0n) is 30.4. The highest BCUT2D eigenvalue weighted by Gasteiger charge is 2.47. The van der Waals surface area contributed by atoms with Crippen LogP contribution in [0, 0.1) is 0 Å². The van der Waals surface area contributed by atoms with Crippen LogP contribution in [0.15, 0.2) is 18.2 Å². The molecule has 1 aromatic rings. The molecule has 4 aliphatic heterocycles. The molecule has 4 fully saturated rings. The number of hydrogen-bond donors (Lipinski definition) is 4. The van der Waals surface area contributed by atoms with Gasteiger partial charge in [0.2, 0.25) is 0 Å². The minimum atomic E-state index is -5.08. The van der Waals surface area contributed by atoms with E-state index >= 15 is 0 Å². The highest BCUT2D eigenvalue weighted by Crippen LogP contribution is 2.41. The molecule has 58 heavy (non-hydrogen) atoms. The molecule has 0 amide bonds. The summed E-state index contributed by atoms with van der Waals surface area (Å²) in [5.41, 5.74) is 1.34. The second kappa shape index (κ2) is 22.2. The van der Waals surface area contributed by atoms with Crippen molar-refractivity contribution in [2.45, 2.75) is 62.2 Å². The normalized spacial score (nSPS) is 20.2. The van der Waals surface area contributed by atoms with Crippen molar-refractivity contribution in [2.75, 3.05) is 84.1 Å². The highest BCUT2D eigenvalue weighted by molar-refractivity contribution is 5.74. The van der Waals surface area contributed by atoms with Crippen molar-refractivity contribution < 1.29 is 102 Å². The van der Waals surface area contributed by atoms with Crippen LogP contribution in [0.1, 0.15) is 25.0 Å². The zero-order valence-corrected chi connectivity index (χ0v) is 30.4. The van der Waals surface area contributed by atoms with Crippen molar-refractivity contribution in [1.29, 1.82) is 0 Å². The van der Waals surface area contributed by atoms with Crippen molar-refractivity contribution in [3.05, 3.63) is 23.9 Å². The number of morpholine rings is 1. The monoisotopic (exact) mass is 871 g/mol. The first-order chi connectivity index (χ1) is 26.4. The van der Waals surface area contributed by atoms with E-state index < -0.39 is 48.6 Å². The van der Waals surface area contributed by atoms with Gasteiger partial charge in [0, 0.05) is 71.9 Å². The van der Waals surface area contributed by atoms with E-state index in [9.17, 15) is 52.7 Å². The number of aromatic nitrogens is 1. The van der Waals surface area contributed by atoms with Crippen LogP contribution in [0.25, 0.3) is 0 Å². The van der Waals surface area contributed by atoms with Gasteiger partial charge in [-0.15, -0.1) is 0 Å². The average molecular weight is 872 g/mol. The van der Waals surface area contributed by atoms with Gasteiger partial charge in [-0.1, -0.05) is 6.07 Å². The summed E-state index contributed by atoms with van der Waals surface area (Å²) in [6.07, 6.45) is -16.3. The van der Waals surface area contributed by atoms with Crippen LogP contribution in [0.2, 0.25) is 0 Å². The minimum absolute atomic E-state index is 0.164. The van der Waals surface area contributed by atoms with Crippen molar-refractivity contribution in [3.8, 4) is 0 Å². The Labute approximate surface area is 321 Å². The van der Waals surface area contributed by atoms with Crippen LogP contribution in [-0.2, 0) is 35.2 Å². The summed E-state index contributed by atoms with van der Waals surface area (Å²) < 4.78 is 139. The number of alkyl halides is 12. The summed E-state index contributed by atoms with van der Waals surface area (Å²) in [6.45, 7) is 12.5. The molecule has 334 valence electrons. The van der Waals surface area contributed by atoms with Gasteiger partial charge in [-0.05, 0) is 32.0 Å². The number of rotatable bonds is 5. The molecule has 5 heterocycles. The van der Waals surface area contributed by atoms with Crippen LogP contribution >= 0.6 is 0 Å². The van der Waals surface area contributed by atoms with E-state index in [0.717, 1.165) is 71.1 Å². The Morgan fingerprint density at radius 3 is 1.45 bits per heavy atom. The van der Waals surface area contributed by atoms with Gasteiger partial charge in [0.15, 0.2) is 0 Å². The second-order valence-corrected chi connectivity index (χ2v) is 12.8. The molecule has 4 aliphatic rings. The molecular weight excluding hydrogens is 830 g/mol. The molecule has 0 bridgehead atoms. The number of piperidine rings is 1. The topological polar surface area (TPSA) is 194 Å². The van der Waals surface area contributed by atoms with Gasteiger partial charge in [-0.25, -0.2) is 24.2 Å². The number of ether oxygens (including phenoxy) is 2. The van der Waals surface area contributed by atoms with Crippen molar-refractivity contribution in [2.24, 2.45) is 0 Å². The van der Waals surface area contributed by atoms with Crippen LogP contribution in [0.5, 0.6) is 0 Å². The van der Waals surface area contributed by atoms with Crippen LogP contribution < -0.4 is 4.90 Å². The fourth-order valence-corrected chi connectivity index (χ4v) is 5.37. The Hall–Kier alpha value is -4.21. The third kappa shape index (κ3) is 20.0. The van der Waals surface area contributed by atoms with E-state index in [1.807, 2.05) is 0 Å². The maximum Gasteiger partial charge on any atom is 0.490 e. The SMILES string of the molecule is CN1CCN(CC2CC3(CCN(Cc4cccc(N5CCOCC5)n4)CC3)O2)CC1.O=C(O)C(F)(F)F.O=C(O)C(F)(F)F.O=C(O)C(F)(F)F.O=C(O)C(F)(F)F. The molecule has 1 unspecified atom stereocenters. The van der Waals surface area contributed by atoms with Crippen LogP contribution in [0.3, 0.4) is 0 Å². The minimum Gasteiger partial charge on any atom is -0.475 e. The Bertz CT molecular complexity index is 1360. The fourth-order valence-electron chi connectivity index (χ4n) is 5.37. The maximum atomic E-state index is 10.6. The molecule has 0 aliphatic carbocycles. The second-order valence-electron chi connectivity index (χ2n) is 12.8. The number of piperazine rings is 1. The van der Waals surface area contributed by atoms with E-state index in [-0.39, 0.29) is 5.60 Å². The van der Waals surface area contributed by atoms with Gasteiger partial charge >= 0.3 is 48.6 Å². The first kappa shape index (κ1) is 51.8. The number of hydrogen-bond acceptors (Lipinski definition) is 11.